The summed E-state index contributed by atoms with van der Waals surface area (Å²) in [4.78, 5) is 16.6. The zero-order valence-electron chi connectivity index (χ0n) is 10.9. The topological polar surface area (TPSA) is 30.0 Å². The number of carbonyl (C=O) groups is 1. The van der Waals surface area contributed by atoms with E-state index in [1.807, 2.05) is 18.2 Å². The van der Waals surface area contributed by atoms with Crippen molar-refractivity contribution in [2.24, 2.45) is 0 Å². The molecule has 0 saturated carbocycles. The highest BCUT2D eigenvalue weighted by Gasteiger charge is 2.13. The molecule has 3 heteroatoms. The summed E-state index contributed by atoms with van der Waals surface area (Å²) in [6.45, 7) is 1.65. The molecule has 2 nitrogen and oxygen atoms in total. The van der Waals surface area contributed by atoms with Crippen LogP contribution >= 0.6 is 0 Å². The second kappa shape index (κ2) is 4.85. The minimum atomic E-state index is -0.305. The molecule has 2 aromatic carbocycles. The molecular formula is C17H12FNO. The molecule has 1 aromatic heterocycles. The van der Waals surface area contributed by atoms with E-state index in [1.165, 1.54) is 12.1 Å². The Hall–Kier alpha value is -2.55. The average molecular weight is 265 g/mol. The van der Waals surface area contributed by atoms with Crippen LogP contribution in [0.5, 0.6) is 0 Å². The number of carbonyl (C=O) groups excluding carboxylic acids is 1. The number of aryl methyl sites for hydroxylation is 1. The van der Waals surface area contributed by atoms with E-state index in [-0.39, 0.29) is 11.6 Å². The smallest absolute Gasteiger partial charge is 0.193 e. The van der Waals surface area contributed by atoms with E-state index in [0.29, 0.717) is 16.7 Å². The molecule has 0 aliphatic rings. The number of nitrogens with zero attached hydrogens (tertiary/aromatic N) is 1. The number of aromatic nitrogens is 1. The van der Waals surface area contributed by atoms with E-state index in [9.17, 15) is 9.18 Å². The summed E-state index contributed by atoms with van der Waals surface area (Å²) in [5.74, 6) is -0.423. The monoisotopic (exact) mass is 265 g/mol. The summed E-state index contributed by atoms with van der Waals surface area (Å²) in [6.07, 6.45) is 3.37. The van der Waals surface area contributed by atoms with Crippen molar-refractivity contribution in [2.45, 2.75) is 6.92 Å². The van der Waals surface area contributed by atoms with E-state index < -0.39 is 0 Å². The normalized spacial score (nSPS) is 10.7. The first-order chi connectivity index (χ1) is 9.66. The Bertz CT molecular complexity index is 806. The molecule has 0 atom stereocenters. The van der Waals surface area contributed by atoms with E-state index >= 15 is 0 Å². The lowest BCUT2D eigenvalue weighted by atomic mass is 9.97. The van der Waals surface area contributed by atoms with Crippen LogP contribution in [0.2, 0.25) is 0 Å². The highest BCUT2D eigenvalue weighted by molar-refractivity contribution is 6.16. The van der Waals surface area contributed by atoms with Gasteiger partial charge in [0, 0.05) is 28.9 Å². The Labute approximate surface area is 115 Å². The first-order valence-electron chi connectivity index (χ1n) is 6.30. The summed E-state index contributed by atoms with van der Waals surface area (Å²) in [6, 6.07) is 11.8. The van der Waals surface area contributed by atoms with Crippen LogP contribution in [0.3, 0.4) is 0 Å². The fraction of sp³-hybridized carbons (Fsp3) is 0.0588. The molecule has 1 heterocycles. The van der Waals surface area contributed by atoms with E-state index in [2.05, 4.69) is 4.98 Å². The lowest BCUT2D eigenvalue weighted by molar-refractivity contribution is 0.104. The predicted octanol–water partition coefficient (Wildman–Crippen LogP) is 3.91. The second-order valence-corrected chi connectivity index (χ2v) is 4.70. The summed E-state index contributed by atoms with van der Waals surface area (Å²) >= 11 is 0. The van der Waals surface area contributed by atoms with Crippen LogP contribution in [-0.2, 0) is 0 Å². The van der Waals surface area contributed by atoms with Gasteiger partial charge in [0.1, 0.15) is 5.82 Å². The van der Waals surface area contributed by atoms with Gasteiger partial charge < -0.3 is 0 Å². The molecular weight excluding hydrogens is 253 g/mol. The maximum Gasteiger partial charge on any atom is 0.193 e. The minimum absolute atomic E-state index is 0.119. The fourth-order valence-corrected chi connectivity index (χ4v) is 2.25. The molecule has 0 radical (unpaired) electrons. The highest BCUT2D eigenvalue weighted by atomic mass is 19.1. The van der Waals surface area contributed by atoms with Gasteiger partial charge in [-0.2, -0.15) is 0 Å². The molecule has 20 heavy (non-hydrogen) atoms. The summed E-state index contributed by atoms with van der Waals surface area (Å²) in [5, 5.41) is 1.77. The molecule has 0 fully saturated rings. The van der Waals surface area contributed by atoms with Gasteiger partial charge in [0.15, 0.2) is 5.78 Å². The summed E-state index contributed by atoms with van der Waals surface area (Å²) in [7, 11) is 0. The zero-order valence-corrected chi connectivity index (χ0v) is 10.9. The molecule has 0 unspecified atom stereocenters. The average Bonchev–Trinajstić information content (AvgIpc) is 2.49. The van der Waals surface area contributed by atoms with Crippen molar-refractivity contribution >= 4 is 16.6 Å². The van der Waals surface area contributed by atoms with E-state index in [1.54, 1.807) is 31.5 Å². The Kier molecular flexibility index (Phi) is 3.03. The van der Waals surface area contributed by atoms with Crippen molar-refractivity contribution in [3.63, 3.8) is 0 Å². The van der Waals surface area contributed by atoms with Crippen LogP contribution in [0.25, 0.3) is 10.8 Å². The third kappa shape index (κ3) is 2.07. The third-order valence-corrected chi connectivity index (χ3v) is 3.35. The van der Waals surface area contributed by atoms with Crippen LogP contribution in [0, 0.1) is 12.7 Å². The summed E-state index contributed by atoms with van der Waals surface area (Å²) in [5.41, 5.74) is 1.54. The molecule has 98 valence electrons. The molecule has 0 aliphatic carbocycles. The molecule has 3 aromatic rings. The van der Waals surface area contributed by atoms with Crippen LogP contribution in [-0.4, -0.2) is 10.8 Å². The molecule has 0 N–H and O–H groups in total. The van der Waals surface area contributed by atoms with Gasteiger partial charge >= 0.3 is 0 Å². The number of halogens is 1. The number of rotatable bonds is 2. The summed E-state index contributed by atoms with van der Waals surface area (Å²) < 4.78 is 13.3. The van der Waals surface area contributed by atoms with Crippen LogP contribution in [0.15, 0.2) is 54.9 Å². The predicted molar refractivity (Wildman–Crippen MR) is 76.3 cm³/mol. The molecule has 0 spiro atoms. The van der Waals surface area contributed by atoms with Gasteiger partial charge in [-0.1, -0.05) is 18.2 Å². The molecule has 3 rings (SSSR count). The number of fused-ring (bicyclic) bond motifs is 1. The van der Waals surface area contributed by atoms with Gasteiger partial charge in [-0.25, -0.2) is 4.39 Å². The van der Waals surface area contributed by atoms with Gasteiger partial charge in [0.2, 0.25) is 0 Å². The number of ketones is 1. The lowest BCUT2D eigenvalue weighted by Crippen LogP contribution is -2.03. The highest BCUT2D eigenvalue weighted by Crippen LogP contribution is 2.21. The Morgan fingerprint density at radius 1 is 1.15 bits per heavy atom. The van der Waals surface area contributed by atoms with Gasteiger partial charge in [-0.05, 0) is 42.1 Å². The Balaban J connectivity index is 2.15. The first kappa shape index (κ1) is 12.5. The number of hydrogen-bond donors (Lipinski definition) is 0. The van der Waals surface area contributed by atoms with Gasteiger partial charge in [-0.3, -0.25) is 9.78 Å². The molecule has 0 saturated heterocycles. The standard InChI is InChI=1S/C17H12FNO/c1-11-9-13(5-6-16(11)18)17(20)14-4-2-3-12-7-8-19-10-15(12)14/h2-10H,1H3. The lowest BCUT2D eigenvalue weighted by Gasteiger charge is -2.06. The van der Waals surface area contributed by atoms with Crippen molar-refractivity contribution in [1.82, 2.24) is 4.98 Å². The number of pyridine rings is 1. The molecule has 0 amide bonds. The van der Waals surface area contributed by atoms with Crippen molar-refractivity contribution in [1.29, 1.82) is 0 Å². The van der Waals surface area contributed by atoms with Crippen LogP contribution < -0.4 is 0 Å². The van der Waals surface area contributed by atoms with E-state index in [0.717, 1.165) is 10.8 Å². The quantitative estimate of drug-likeness (QED) is 0.657. The maximum atomic E-state index is 13.3. The first-order valence-corrected chi connectivity index (χ1v) is 6.30. The van der Waals surface area contributed by atoms with Crippen molar-refractivity contribution in [3.05, 3.63) is 77.4 Å². The number of hydrogen-bond acceptors (Lipinski definition) is 2. The van der Waals surface area contributed by atoms with Crippen molar-refractivity contribution in [3.8, 4) is 0 Å². The molecule has 0 aliphatic heterocycles. The van der Waals surface area contributed by atoms with Crippen molar-refractivity contribution < 1.29 is 9.18 Å². The maximum absolute atomic E-state index is 13.3. The Morgan fingerprint density at radius 3 is 2.80 bits per heavy atom. The largest absolute Gasteiger partial charge is 0.289 e. The molecule has 0 bridgehead atoms. The zero-order chi connectivity index (χ0) is 14.1. The van der Waals surface area contributed by atoms with E-state index in [4.69, 9.17) is 0 Å². The van der Waals surface area contributed by atoms with Gasteiger partial charge in [-0.15, -0.1) is 0 Å². The second-order valence-electron chi connectivity index (χ2n) is 4.70. The van der Waals surface area contributed by atoms with Gasteiger partial charge in [0.05, 0.1) is 0 Å². The van der Waals surface area contributed by atoms with Crippen LogP contribution in [0.1, 0.15) is 21.5 Å². The Morgan fingerprint density at radius 2 is 2.00 bits per heavy atom. The minimum Gasteiger partial charge on any atom is -0.289 e. The van der Waals surface area contributed by atoms with Gasteiger partial charge in [0.25, 0.3) is 0 Å². The van der Waals surface area contributed by atoms with Crippen LogP contribution in [0.4, 0.5) is 4.39 Å². The SMILES string of the molecule is Cc1cc(C(=O)c2cccc3ccncc23)ccc1F. The van der Waals surface area contributed by atoms with Crippen molar-refractivity contribution in [2.75, 3.05) is 0 Å². The fourth-order valence-electron chi connectivity index (χ4n) is 2.25. The third-order valence-electron chi connectivity index (χ3n) is 3.35. The number of benzene rings is 2.